The Morgan fingerprint density at radius 2 is 1.95 bits per heavy atom. The highest BCUT2D eigenvalue weighted by Crippen LogP contribution is 2.33. The Hall–Kier alpha value is -1.47. The standard InChI is InChI=1S/C12H9Cl4N5O/c13-7-2-1-5(3-6(7)8(14)10(15)16)4-21-11(17)9(12(18)22)19-20-21/h1-3H,4,17H2,(H2,18,22). The van der Waals surface area contributed by atoms with E-state index in [-0.39, 0.29) is 27.6 Å². The lowest BCUT2D eigenvalue weighted by Gasteiger charge is -2.08. The topological polar surface area (TPSA) is 99.8 Å². The van der Waals surface area contributed by atoms with Gasteiger partial charge in [0.1, 0.15) is 4.49 Å². The van der Waals surface area contributed by atoms with E-state index in [1.807, 2.05) is 0 Å². The molecule has 0 spiro atoms. The molecule has 0 atom stereocenters. The molecule has 1 aromatic heterocycles. The van der Waals surface area contributed by atoms with Crippen molar-refractivity contribution in [1.29, 1.82) is 0 Å². The molecule has 1 amide bonds. The third-order valence-electron chi connectivity index (χ3n) is 2.77. The predicted molar refractivity (Wildman–Crippen MR) is 88.0 cm³/mol. The lowest BCUT2D eigenvalue weighted by atomic mass is 10.1. The molecule has 0 bridgehead atoms. The quantitative estimate of drug-likeness (QED) is 0.851. The predicted octanol–water partition coefficient (Wildman–Crippen LogP) is 3.00. The minimum atomic E-state index is -0.750. The number of hydrogen-bond acceptors (Lipinski definition) is 4. The smallest absolute Gasteiger partial charge is 0.273 e. The minimum Gasteiger partial charge on any atom is -0.382 e. The summed E-state index contributed by atoms with van der Waals surface area (Å²) in [5, 5.41) is 7.91. The molecule has 0 saturated carbocycles. The van der Waals surface area contributed by atoms with Crippen LogP contribution in [-0.2, 0) is 6.54 Å². The van der Waals surface area contributed by atoms with E-state index in [4.69, 9.17) is 57.9 Å². The summed E-state index contributed by atoms with van der Waals surface area (Å²) < 4.78 is 1.23. The number of nitrogens with two attached hydrogens (primary N) is 2. The maximum Gasteiger partial charge on any atom is 0.273 e. The van der Waals surface area contributed by atoms with Gasteiger partial charge in [-0.3, -0.25) is 4.79 Å². The van der Waals surface area contributed by atoms with Crippen molar-refractivity contribution in [3.8, 4) is 0 Å². The van der Waals surface area contributed by atoms with Crippen LogP contribution in [0.15, 0.2) is 22.7 Å². The SMILES string of the molecule is NC(=O)c1nnn(Cc2ccc(Cl)c(C(Cl)=C(Cl)Cl)c2)c1N. The van der Waals surface area contributed by atoms with Crippen molar-refractivity contribution < 1.29 is 4.79 Å². The number of anilines is 1. The number of halogens is 4. The van der Waals surface area contributed by atoms with Gasteiger partial charge in [-0.2, -0.15) is 0 Å². The minimum absolute atomic E-state index is 0.0704. The van der Waals surface area contributed by atoms with Crippen molar-refractivity contribution in [1.82, 2.24) is 15.0 Å². The molecule has 2 aromatic rings. The fourth-order valence-corrected chi connectivity index (χ4v) is 2.35. The number of benzene rings is 1. The van der Waals surface area contributed by atoms with Gasteiger partial charge in [0.15, 0.2) is 11.5 Å². The van der Waals surface area contributed by atoms with Crippen LogP contribution in [0.1, 0.15) is 21.6 Å². The van der Waals surface area contributed by atoms with Gasteiger partial charge in [-0.1, -0.05) is 57.7 Å². The first kappa shape index (κ1) is 16.9. The Bertz CT molecular complexity index is 767. The number of rotatable bonds is 4. The van der Waals surface area contributed by atoms with Crippen LogP contribution >= 0.6 is 46.4 Å². The van der Waals surface area contributed by atoms with E-state index in [1.165, 1.54) is 4.68 Å². The van der Waals surface area contributed by atoms with Crippen molar-refractivity contribution in [3.05, 3.63) is 44.5 Å². The molecule has 0 fully saturated rings. The van der Waals surface area contributed by atoms with Crippen molar-refractivity contribution in [2.75, 3.05) is 5.73 Å². The number of nitrogens with zero attached hydrogens (tertiary/aromatic N) is 3. The Morgan fingerprint density at radius 3 is 2.50 bits per heavy atom. The van der Waals surface area contributed by atoms with Gasteiger partial charge in [-0.15, -0.1) is 5.10 Å². The number of carbonyl (C=O) groups is 1. The van der Waals surface area contributed by atoms with E-state index in [9.17, 15) is 4.79 Å². The molecule has 1 aromatic carbocycles. The summed E-state index contributed by atoms with van der Waals surface area (Å²) in [6.07, 6.45) is 0. The van der Waals surface area contributed by atoms with Gasteiger partial charge in [0.2, 0.25) is 0 Å². The molecule has 0 unspecified atom stereocenters. The average Bonchev–Trinajstić information content (AvgIpc) is 2.81. The lowest BCUT2D eigenvalue weighted by molar-refractivity contribution is 0.0996. The normalized spacial score (nSPS) is 10.5. The van der Waals surface area contributed by atoms with Gasteiger partial charge in [0, 0.05) is 10.6 Å². The van der Waals surface area contributed by atoms with Gasteiger partial charge in [-0.05, 0) is 17.7 Å². The maximum atomic E-state index is 11.1. The zero-order valence-corrected chi connectivity index (χ0v) is 13.9. The van der Waals surface area contributed by atoms with Crippen LogP contribution in [0.25, 0.3) is 5.03 Å². The first-order chi connectivity index (χ1) is 10.3. The van der Waals surface area contributed by atoms with Gasteiger partial charge in [-0.25, -0.2) is 4.68 Å². The second-order valence-corrected chi connectivity index (χ2v) is 5.97. The Morgan fingerprint density at radius 1 is 1.27 bits per heavy atom. The maximum absolute atomic E-state index is 11.1. The third kappa shape index (κ3) is 3.47. The van der Waals surface area contributed by atoms with E-state index in [0.29, 0.717) is 10.6 Å². The van der Waals surface area contributed by atoms with Crippen LogP contribution < -0.4 is 11.5 Å². The molecule has 0 saturated heterocycles. The largest absolute Gasteiger partial charge is 0.382 e. The third-order valence-corrected chi connectivity index (χ3v) is 4.07. The molecule has 22 heavy (non-hydrogen) atoms. The monoisotopic (exact) mass is 379 g/mol. The molecule has 116 valence electrons. The summed E-state index contributed by atoms with van der Waals surface area (Å²) in [5.41, 5.74) is 12.0. The number of aromatic nitrogens is 3. The van der Waals surface area contributed by atoms with Gasteiger partial charge in [0.25, 0.3) is 5.91 Å². The molecule has 2 rings (SSSR count). The fraction of sp³-hybridized carbons (Fsp3) is 0.0833. The van der Waals surface area contributed by atoms with Crippen molar-refractivity contribution in [3.63, 3.8) is 0 Å². The Balaban J connectivity index is 2.38. The van der Waals surface area contributed by atoms with E-state index < -0.39 is 5.91 Å². The van der Waals surface area contributed by atoms with E-state index in [1.54, 1.807) is 18.2 Å². The zero-order chi connectivity index (χ0) is 16.4. The van der Waals surface area contributed by atoms with Crippen molar-refractivity contribution in [2.24, 2.45) is 5.73 Å². The number of carbonyl (C=O) groups excluding carboxylic acids is 1. The average molecular weight is 381 g/mol. The van der Waals surface area contributed by atoms with Crippen LogP contribution in [0.4, 0.5) is 5.82 Å². The summed E-state index contributed by atoms with van der Waals surface area (Å²) in [5.74, 6) is -0.679. The summed E-state index contributed by atoms with van der Waals surface area (Å²) >= 11 is 23.4. The molecular formula is C12H9Cl4N5O. The van der Waals surface area contributed by atoms with E-state index >= 15 is 0 Å². The van der Waals surface area contributed by atoms with Gasteiger partial charge >= 0.3 is 0 Å². The van der Waals surface area contributed by atoms with Crippen LogP contribution in [-0.4, -0.2) is 20.9 Å². The van der Waals surface area contributed by atoms with Crippen LogP contribution in [0.2, 0.25) is 5.02 Å². The summed E-state index contributed by atoms with van der Waals surface area (Å²) in [7, 11) is 0. The molecule has 0 aliphatic heterocycles. The lowest BCUT2D eigenvalue weighted by Crippen LogP contribution is -2.15. The molecular weight excluding hydrogens is 372 g/mol. The molecule has 1 heterocycles. The van der Waals surface area contributed by atoms with Crippen molar-refractivity contribution >= 4 is 63.2 Å². The Labute approximate surface area is 145 Å². The first-order valence-electron chi connectivity index (χ1n) is 5.79. The van der Waals surface area contributed by atoms with Crippen LogP contribution in [0.3, 0.4) is 0 Å². The molecule has 6 nitrogen and oxygen atoms in total. The molecule has 0 aliphatic carbocycles. The first-order valence-corrected chi connectivity index (χ1v) is 7.30. The molecule has 4 N–H and O–H groups in total. The molecule has 0 radical (unpaired) electrons. The van der Waals surface area contributed by atoms with Crippen LogP contribution in [0, 0.1) is 0 Å². The van der Waals surface area contributed by atoms with E-state index in [2.05, 4.69) is 10.3 Å². The summed E-state index contributed by atoms with van der Waals surface area (Å²) in [6.45, 7) is 0.236. The number of amides is 1. The highest BCUT2D eigenvalue weighted by molar-refractivity contribution is 6.67. The van der Waals surface area contributed by atoms with Gasteiger partial charge < -0.3 is 11.5 Å². The van der Waals surface area contributed by atoms with Crippen molar-refractivity contribution in [2.45, 2.75) is 6.54 Å². The molecule has 0 aliphatic rings. The summed E-state index contributed by atoms with van der Waals surface area (Å²) in [4.78, 5) is 11.1. The second-order valence-electron chi connectivity index (χ2n) is 4.23. The van der Waals surface area contributed by atoms with E-state index in [0.717, 1.165) is 5.56 Å². The summed E-state index contributed by atoms with van der Waals surface area (Å²) in [6, 6.07) is 5.05. The number of nitrogen functional groups attached to an aromatic ring is 1. The molecule has 10 heteroatoms. The Kier molecular flexibility index (Phi) is 5.18. The number of primary amides is 1. The zero-order valence-electron chi connectivity index (χ0n) is 10.9. The number of hydrogen-bond donors (Lipinski definition) is 2. The highest BCUT2D eigenvalue weighted by atomic mass is 35.5. The van der Waals surface area contributed by atoms with Gasteiger partial charge in [0.05, 0.1) is 11.6 Å². The highest BCUT2D eigenvalue weighted by Gasteiger charge is 2.15. The second kappa shape index (κ2) is 6.75. The fourth-order valence-electron chi connectivity index (χ4n) is 1.73. The van der Waals surface area contributed by atoms with Crippen LogP contribution in [0.5, 0.6) is 0 Å².